The summed E-state index contributed by atoms with van der Waals surface area (Å²) in [4.78, 5) is 48.8. The van der Waals surface area contributed by atoms with E-state index in [-0.39, 0.29) is 30.0 Å². The van der Waals surface area contributed by atoms with Gasteiger partial charge in [-0.3, -0.25) is 24.4 Å². The van der Waals surface area contributed by atoms with Crippen molar-refractivity contribution < 1.29 is 14.4 Å². The number of Topliss-reactive ketones (excluding diaryl/α,β-unsaturated/α-hetero) is 2. The number of carbonyl (C=O) groups excluding carboxylic acids is 3. The Hall–Kier alpha value is -4.89. The number of rotatable bonds is 4. The highest BCUT2D eigenvalue weighted by Gasteiger charge is 2.42. The number of aromatic nitrogens is 2. The maximum atomic E-state index is 12.4. The molecule has 0 unspecified atom stereocenters. The minimum absolute atomic E-state index is 0.0860. The average molecular weight is 641 g/mol. The fraction of sp³-hybridized carbons (Fsp3) is 0.462. The van der Waals surface area contributed by atoms with E-state index in [1.54, 1.807) is 24.5 Å². The lowest BCUT2D eigenvalue weighted by atomic mass is 9.63. The number of carbonyl (C=O) groups is 3. The molecule has 0 N–H and O–H groups in total. The van der Waals surface area contributed by atoms with Crippen molar-refractivity contribution in [3.8, 4) is 12.1 Å². The summed E-state index contributed by atoms with van der Waals surface area (Å²) < 4.78 is 0. The van der Waals surface area contributed by atoms with Gasteiger partial charge in [0.1, 0.15) is 29.0 Å². The molecular formula is C39H40N6O3. The maximum absolute atomic E-state index is 12.4. The molecule has 0 atom stereocenters. The van der Waals surface area contributed by atoms with E-state index in [9.17, 15) is 24.9 Å². The van der Waals surface area contributed by atoms with E-state index in [1.165, 1.54) is 38.5 Å². The van der Waals surface area contributed by atoms with Crippen molar-refractivity contribution in [3.05, 3.63) is 75.9 Å². The molecule has 0 amide bonds. The Balaban J connectivity index is 0.000000152. The van der Waals surface area contributed by atoms with Gasteiger partial charge in [-0.1, -0.05) is 19.4 Å². The van der Waals surface area contributed by atoms with E-state index in [0.29, 0.717) is 34.1 Å². The van der Waals surface area contributed by atoms with Crippen LogP contribution < -0.4 is 0 Å². The van der Waals surface area contributed by atoms with Crippen LogP contribution in [-0.2, 0) is 22.4 Å². The highest BCUT2D eigenvalue weighted by atomic mass is 16.1. The summed E-state index contributed by atoms with van der Waals surface area (Å²) in [5.74, 6) is -0.235. The van der Waals surface area contributed by atoms with Crippen molar-refractivity contribution in [2.45, 2.75) is 77.0 Å². The third-order valence-corrected chi connectivity index (χ3v) is 11.9. The average Bonchev–Trinajstić information content (AvgIpc) is 3.09. The second-order valence-corrected chi connectivity index (χ2v) is 14.4. The Kier molecular flexibility index (Phi) is 8.33. The number of allylic oxidation sites excluding steroid dienone is 2. The number of likely N-dealkylation sites (tertiary alicyclic amines) is 2. The van der Waals surface area contributed by atoms with Gasteiger partial charge in [0.2, 0.25) is 0 Å². The molecule has 2 aromatic rings. The number of nitriles is 2. The van der Waals surface area contributed by atoms with Crippen LogP contribution in [0.1, 0.15) is 103 Å². The molecule has 8 rings (SSSR count). The maximum Gasteiger partial charge on any atom is 0.179 e. The molecule has 2 spiro atoms. The van der Waals surface area contributed by atoms with Gasteiger partial charge in [0.15, 0.2) is 17.9 Å². The van der Waals surface area contributed by atoms with Crippen LogP contribution in [0.25, 0.3) is 17.5 Å². The van der Waals surface area contributed by atoms with Crippen molar-refractivity contribution >= 4 is 35.3 Å². The van der Waals surface area contributed by atoms with Gasteiger partial charge in [-0.25, -0.2) is 0 Å². The largest absolute Gasteiger partial charge is 0.370 e. The normalized spacial score (nSPS) is 22.0. The molecule has 9 heteroatoms. The van der Waals surface area contributed by atoms with Gasteiger partial charge in [-0.2, -0.15) is 10.5 Å². The topological polar surface area (TPSA) is 131 Å². The highest BCUT2D eigenvalue weighted by Crippen LogP contribution is 2.51. The van der Waals surface area contributed by atoms with Gasteiger partial charge in [0, 0.05) is 62.5 Å². The molecule has 0 radical (unpaired) electrons. The zero-order chi connectivity index (χ0) is 33.5. The van der Waals surface area contributed by atoms with Gasteiger partial charge in [0.25, 0.3) is 0 Å². The number of aldehydes is 1. The number of nitrogens with zero attached hydrogens (tertiary/aromatic N) is 6. The van der Waals surface area contributed by atoms with Crippen molar-refractivity contribution in [1.82, 2.24) is 19.8 Å². The number of piperidine rings is 2. The monoisotopic (exact) mass is 640 g/mol. The third kappa shape index (κ3) is 5.56. The summed E-state index contributed by atoms with van der Waals surface area (Å²) >= 11 is 0. The van der Waals surface area contributed by atoms with E-state index >= 15 is 0 Å². The Morgan fingerprint density at radius 1 is 0.688 bits per heavy atom. The van der Waals surface area contributed by atoms with Crippen LogP contribution in [0.2, 0.25) is 0 Å². The van der Waals surface area contributed by atoms with Gasteiger partial charge in [0.05, 0.1) is 17.1 Å². The van der Waals surface area contributed by atoms with Crippen LogP contribution in [0.3, 0.4) is 0 Å². The molecule has 2 saturated heterocycles. The zero-order valence-corrected chi connectivity index (χ0v) is 27.4. The number of fused-ring (bicyclic) bond motifs is 2. The van der Waals surface area contributed by atoms with Crippen LogP contribution in [0, 0.1) is 33.5 Å². The van der Waals surface area contributed by atoms with Crippen LogP contribution in [0.4, 0.5) is 0 Å². The summed E-state index contributed by atoms with van der Waals surface area (Å²) in [5, 5.41) is 19.1. The van der Waals surface area contributed by atoms with Crippen molar-refractivity contribution in [2.75, 3.05) is 26.2 Å². The number of hydrogen-bond donors (Lipinski definition) is 0. The van der Waals surface area contributed by atoms with E-state index in [1.807, 2.05) is 6.07 Å². The van der Waals surface area contributed by atoms with Crippen LogP contribution in [0.5, 0.6) is 0 Å². The molecule has 9 nitrogen and oxygen atoms in total. The van der Waals surface area contributed by atoms with Gasteiger partial charge >= 0.3 is 0 Å². The lowest BCUT2D eigenvalue weighted by Crippen LogP contribution is -2.43. The zero-order valence-electron chi connectivity index (χ0n) is 27.4. The lowest BCUT2D eigenvalue weighted by molar-refractivity contribution is -0.115. The smallest absolute Gasteiger partial charge is 0.179 e. The first-order chi connectivity index (χ1) is 23.3. The number of pyridine rings is 2. The molecule has 0 bridgehead atoms. The fourth-order valence-corrected chi connectivity index (χ4v) is 8.60. The van der Waals surface area contributed by atoms with Crippen molar-refractivity contribution in [1.29, 1.82) is 10.5 Å². The molecule has 4 heterocycles. The van der Waals surface area contributed by atoms with Gasteiger partial charge in [-0.15, -0.1) is 0 Å². The third-order valence-electron chi connectivity index (χ3n) is 11.9. The molecule has 0 aromatic carbocycles. The van der Waals surface area contributed by atoms with Gasteiger partial charge < -0.3 is 9.80 Å². The van der Waals surface area contributed by atoms with Crippen LogP contribution >= 0.6 is 0 Å². The first-order valence-corrected chi connectivity index (χ1v) is 17.2. The Labute approximate surface area is 281 Å². The van der Waals surface area contributed by atoms with Crippen LogP contribution in [0.15, 0.2) is 42.3 Å². The van der Waals surface area contributed by atoms with E-state index in [4.69, 9.17) is 0 Å². The lowest BCUT2D eigenvalue weighted by Gasteiger charge is -2.49. The minimum atomic E-state index is -0.149. The number of ketones is 2. The highest BCUT2D eigenvalue weighted by molar-refractivity contribution is 6.10. The molecule has 48 heavy (non-hydrogen) atoms. The van der Waals surface area contributed by atoms with E-state index < -0.39 is 0 Å². The molecular weight excluding hydrogens is 600 g/mol. The molecule has 6 aliphatic rings. The molecule has 2 saturated carbocycles. The summed E-state index contributed by atoms with van der Waals surface area (Å²) in [5.41, 5.74) is 7.78. The summed E-state index contributed by atoms with van der Waals surface area (Å²) in [7, 11) is 0. The summed E-state index contributed by atoms with van der Waals surface area (Å²) in [6.07, 6.45) is 18.7. The summed E-state index contributed by atoms with van der Waals surface area (Å²) in [6.45, 7) is 7.38. The molecule has 244 valence electrons. The second-order valence-electron chi connectivity index (χ2n) is 14.4. The van der Waals surface area contributed by atoms with E-state index in [2.05, 4.69) is 38.5 Å². The fourth-order valence-electron chi connectivity index (χ4n) is 8.60. The predicted octanol–water partition coefficient (Wildman–Crippen LogP) is 5.87. The molecule has 4 fully saturated rings. The SMILES string of the molecule is C=Cc1cc2c(cn1)CC(=O)C(C#N)=C2N1CCC2(CCC2)CC1.N#CC1=C(N2CCC3(CCC3)CC2)c2cc(C=O)ncc2CC1=O. The molecule has 4 aliphatic carbocycles. The quantitative estimate of drug-likeness (QED) is 0.377. The number of hydrogen-bond acceptors (Lipinski definition) is 9. The van der Waals surface area contributed by atoms with Gasteiger partial charge in [-0.05, 0) is 91.5 Å². The Bertz CT molecular complexity index is 1710. The Morgan fingerprint density at radius 2 is 1.10 bits per heavy atom. The minimum Gasteiger partial charge on any atom is -0.370 e. The molecule has 2 aromatic heterocycles. The molecule has 2 aliphatic heterocycles. The first-order valence-electron chi connectivity index (χ1n) is 17.2. The summed E-state index contributed by atoms with van der Waals surface area (Å²) in [6, 6.07) is 7.96. The first kappa shape index (κ1) is 31.7. The Morgan fingerprint density at radius 3 is 1.46 bits per heavy atom. The van der Waals surface area contributed by atoms with Crippen LogP contribution in [-0.4, -0.2) is 63.8 Å². The standard InChI is InChI=1S/C20H21N3O.C19H19N3O2/c1-2-15-11-16-14(13-22-15)10-18(24)17(12-21)19(16)23-8-6-20(7-9-23)4-3-5-20;20-10-16-17(24)8-13-11-21-14(12-23)9-15(13)18(16)22-6-4-19(5-7-22)2-1-3-19/h2,11,13H,1,3-10H2;9,11-12H,1-8H2. The van der Waals surface area contributed by atoms with E-state index in [0.717, 1.165) is 85.5 Å². The van der Waals surface area contributed by atoms with Crippen molar-refractivity contribution in [2.24, 2.45) is 10.8 Å². The van der Waals surface area contributed by atoms with Crippen molar-refractivity contribution in [3.63, 3.8) is 0 Å². The predicted molar refractivity (Wildman–Crippen MR) is 181 cm³/mol. The second kappa shape index (κ2) is 12.6.